The number of piperidine rings is 1. The van der Waals surface area contributed by atoms with Crippen LogP contribution in [-0.2, 0) is 21.2 Å². The molecule has 1 aromatic rings. The number of amides is 1. The number of hydrogen-bond donors (Lipinski definition) is 1. The second kappa shape index (κ2) is 5.83. The van der Waals surface area contributed by atoms with Crippen LogP contribution in [-0.4, -0.2) is 31.7 Å². The van der Waals surface area contributed by atoms with Crippen LogP contribution < -0.4 is 5.32 Å². The normalized spacial score (nSPS) is 23.0. The smallest absolute Gasteiger partial charge is 0.243 e. The second-order valence-electron chi connectivity index (χ2n) is 6.10. The molecule has 22 heavy (non-hydrogen) atoms. The van der Waals surface area contributed by atoms with Crippen molar-refractivity contribution in [1.29, 1.82) is 0 Å². The Labute approximate surface area is 135 Å². The summed E-state index contributed by atoms with van der Waals surface area (Å²) in [5.41, 5.74) is 1.33. The van der Waals surface area contributed by atoms with Crippen molar-refractivity contribution in [2.24, 2.45) is 5.92 Å². The number of nitrogens with one attached hydrogen (secondary N) is 1. The molecule has 1 N–H and O–H groups in total. The van der Waals surface area contributed by atoms with E-state index in [1.807, 2.05) is 0 Å². The third kappa shape index (κ3) is 2.87. The van der Waals surface area contributed by atoms with Crippen LogP contribution in [0.15, 0.2) is 17.0 Å². The zero-order valence-corrected chi connectivity index (χ0v) is 14.0. The lowest BCUT2D eigenvalue weighted by Gasteiger charge is -2.30. The molecule has 2 aliphatic heterocycles. The Morgan fingerprint density at radius 2 is 2.09 bits per heavy atom. The van der Waals surface area contributed by atoms with Gasteiger partial charge in [-0.3, -0.25) is 4.79 Å². The van der Waals surface area contributed by atoms with Crippen LogP contribution in [0.4, 0.5) is 5.69 Å². The van der Waals surface area contributed by atoms with Gasteiger partial charge in [0.05, 0.1) is 15.6 Å². The lowest BCUT2D eigenvalue weighted by atomic mass is 10.0. The van der Waals surface area contributed by atoms with E-state index in [1.54, 1.807) is 10.4 Å². The maximum atomic E-state index is 12.8. The van der Waals surface area contributed by atoms with E-state index >= 15 is 0 Å². The fourth-order valence-electron chi connectivity index (χ4n) is 3.09. The van der Waals surface area contributed by atoms with Crippen molar-refractivity contribution in [2.75, 3.05) is 18.4 Å². The minimum atomic E-state index is -3.53. The summed E-state index contributed by atoms with van der Waals surface area (Å²) in [6.45, 7) is 3.17. The minimum Gasteiger partial charge on any atom is -0.325 e. The highest BCUT2D eigenvalue weighted by atomic mass is 35.5. The average molecular weight is 343 g/mol. The highest BCUT2D eigenvalue weighted by Gasteiger charge is 2.30. The summed E-state index contributed by atoms with van der Waals surface area (Å²) >= 11 is 6.19. The van der Waals surface area contributed by atoms with Crippen molar-refractivity contribution in [2.45, 2.75) is 37.5 Å². The number of carbonyl (C=O) groups excluding carboxylic acids is 1. The number of fused-ring (bicyclic) bond motifs is 1. The molecule has 1 fully saturated rings. The number of carbonyl (C=O) groups is 1. The SMILES string of the molecule is CC1CCCN(S(=O)(=O)c2cc(Cl)c3c(c2)CCC(=O)N3)C1. The number of anilines is 1. The summed E-state index contributed by atoms with van der Waals surface area (Å²) in [4.78, 5) is 11.7. The van der Waals surface area contributed by atoms with Crippen LogP contribution in [0.2, 0.25) is 5.02 Å². The maximum absolute atomic E-state index is 12.8. The van der Waals surface area contributed by atoms with Gasteiger partial charge in [0.15, 0.2) is 0 Å². The standard InChI is InChI=1S/C15H19ClN2O3S/c1-10-3-2-6-18(9-10)22(20,21)12-7-11-4-5-14(19)17-15(11)13(16)8-12/h7-8,10H,2-6,9H2,1H3,(H,17,19). The molecule has 3 rings (SSSR count). The average Bonchev–Trinajstić information content (AvgIpc) is 2.47. The van der Waals surface area contributed by atoms with Crippen LogP contribution in [0, 0.1) is 5.92 Å². The first-order valence-corrected chi connectivity index (χ1v) is 9.32. The van der Waals surface area contributed by atoms with Crippen molar-refractivity contribution in [3.8, 4) is 0 Å². The van der Waals surface area contributed by atoms with Crippen molar-refractivity contribution >= 4 is 33.2 Å². The van der Waals surface area contributed by atoms with Crippen molar-refractivity contribution in [3.63, 3.8) is 0 Å². The molecule has 120 valence electrons. The van der Waals surface area contributed by atoms with E-state index in [0.717, 1.165) is 18.4 Å². The number of halogens is 1. The molecule has 5 nitrogen and oxygen atoms in total. The van der Waals surface area contributed by atoms with Crippen LogP contribution in [0.3, 0.4) is 0 Å². The van der Waals surface area contributed by atoms with E-state index in [4.69, 9.17) is 11.6 Å². The molecule has 0 spiro atoms. The Bertz CT molecular complexity index is 718. The zero-order chi connectivity index (χ0) is 15.9. The minimum absolute atomic E-state index is 0.0881. The highest BCUT2D eigenvalue weighted by molar-refractivity contribution is 7.89. The molecule has 0 radical (unpaired) electrons. The first-order chi connectivity index (χ1) is 10.4. The van der Waals surface area contributed by atoms with Gasteiger partial charge in [-0.1, -0.05) is 18.5 Å². The Morgan fingerprint density at radius 1 is 1.32 bits per heavy atom. The molecule has 0 aliphatic carbocycles. The van der Waals surface area contributed by atoms with Gasteiger partial charge in [0.25, 0.3) is 0 Å². The Balaban J connectivity index is 1.98. The number of sulfonamides is 1. The third-order valence-corrected chi connectivity index (χ3v) is 6.43. The molecule has 2 heterocycles. The van der Waals surface area contributed by atoms with Gasteiger partial charge >= 0.3 is 0 Å². The first-order valence-electron chi connectivity index (χ1n) is 7.50. The second-order valence-corrected chi connectivity index (χ2v) is 8.44. The van der Waals surface area contributed by atoms with Gasteiger partial charge in [0.2, 0.25) is 15.9 Å². The van der Waals surface area contributed by atoms with Gasteiger partial charge in [0, 0.05) is 19.5 Å². The predicted molar refractivity (Wildman–Crippen MR) is 85.6 cm³/mol. The Hall–Kier alpha value is -1.11. The monoisotopic (exact) mass is 342 g/mol. The lowest BCUT2D eigenvalue weighted by molar-refractivity contribution is -0.116. The van der Waals surface area contributed by atoms with Gasteiger partial charge in [0.1, 0.15) is 0 Å². The zero-order valence-electron chi connectivity index (χ0n) is 12.4. The summed E-state index contributed by atoms with van der Waals surface area (Å²) in [6.07, 6.45) is 2.81. The summed E-state index contributed by atoms with van der Waals surface area (Å²) in [6, 6.07) is 3.09. The molecule has 1 atom stereocenters. The van der Waals surface area contributed by atoms with Gasteiger partial charge in [-0.25, -0.2) is 8.42 Å². The molecule has 0 bridgehead atoms. The topological polar surface area (TPSA) is 66.5 Å². The molecular formula is C15H19ClN2O3S. The van der Waals surface area contributed by atoms with Gasteiger partial charge in [-0.2, -0.15) is 4.31 Å². The Kier molecular flexibility index (Phi) is 4.18. The first kappa shape index (κ1) is 15.8. The maximum Gasteiger partial charge on any atom is 0.243 e. The number of benzene rings is 1. The van der Waals surface area contributed by atoms with Crippen molar-refractivity contribution < 1.29 is 13.2 Å². The van der Waals surface area contributed by atoms with Crippen LogP contribution in [0.5, 0.6) is 0 Å². The molecule has 1 amide bonds. The van der Waals surface area contributed by atoms with Crippen LogP contribution in [0.1, 0.15) is 31.7 Å². The van der Waals surface area contributed by atoms with Crippen molar-refractivity contribution in [3.05, 3.63) is 22.7 Å². The summed E-state index contributed by atoms with van der Waals surface area (Å²) in [5.74, 6) is 0.283. The molecule has 0 saturated carbocycles. The van der Waals surface area contributed by atoms with E-state index in [2.05, 4.69) is 12.2 Å². The van der Waals surface area contributed by atoms with Crippen LogP contribution >= 0.6 is 11.6 Å². The summed E-state index contributed by atoms with van der Waals surface area (Å²) in [5, 5.41) is 3.00. The molecule has 1 aromatic carbocycles. The molecule has 1 unspecified atom stereocenters. The number of rotatable bonds is 2. The molecule has 0 aromatic heterocycles. The molecule has 1 saturated heterocycles. The van der Waals surface area contributed by atoms with E-state index < -0.39 is 10.0 Å². The predicted octanol–water partition coefficient (Wildman–Crippen LogP) is 2.65. The Morgan fingerprint density at radius 3 is 2.82 bits per heavy atom. The highest BCUT2D eigenvalue weighted by Crippen LogP contribution is 2.34. The third-order valence-electron chi connectivity index (χ3n) is 4.29. The molecular weight excluding hydrogens is 324 g/mol. The van der Waals surface area contributed by atoms with E-state index in [1.165, 1.54) is 6.07 Å². The number of hydrogen-bond acceptors (Lipinski definition) is 3. The van der Waals surface area contributed by atoms with Crippen LogP contribution in [0.25, 0.3) is 0 Å². The van der Waals surface area contributed by atoms with Gasteiger partial charge in [-0.05, 0) is 42.9 Å². The quantitative estimate of drug-likeness (QED) is 0.898. The van der Waals surface area contributed by atoms with E-state index in [0.29, 0.717) is 37.5 Å². The lowest BCUT2D eigenvalue weighted by Crippen LogP contribution is -2.39. The summed E-state index contributed by atoms with van der Waals surface area (Å²) < 4.78 is 27.2. The fourth-order valence-corrected chi connectivity index (χ4v) is 5.11. The van der Waals surface area contributed by atoms with Gasteiger partial charge in [-0.15, -0.1) is 0 Å². The fraction of sp³-hybridized carbons (Fsp3) is 0.533. The number of nitrogens with zero attached hydrogens (tertiary/aromatic N) is 1. The van der Waals surface area contributed by atoms with Gasteiger partial charge < -0.3 is 5.32 Å². The van der Waals surface area contributed by atoms with Crippen molar-refractivity contribution in [1.82, 2.24) is 4.31 Å². The number of aryl methyl sites for hydroxylation is 1. The van der Waals surface area contributed by atoms with E-state index in [9.17, 15) is 13.2 Å². The molecule has 2 aliphatic rings. The largest absolute Gasteiger partial charge is 0.325 e. The molecule has 7 heteroatoms. The summed E-state index contributed by atoms with van der Waals surface area (Å²) in [7, 11) is -3.53. The van der Waals surface area contributed by atoms with E-state index in [-0.39, 0.29) is 15.8 Å².